The molecule has 3 aromatic rings. The summed E-state index contributed by atoms with van der Waals surface area (Å²) in [6.45, 7) is 0.0899. The highest BCUT2D eigenvalue weighted by atomic mass is 19.4. The molecule has 6 nitrogen and oxygen atoms in total. The van der Waals surface area contributed by atoms with E-state index in [9.17, 15) is 28.1 Å². The second kappa shape index (κ2) is 8.64. The standard InChI is InChI=1S/C21H15F3N2O4/c22-21(23,24)16-8-11-19(30-13-14-4-2-1-3-5-14)18(12-16)25-20(27)15-6-9-17(10-7-15)26(28)29/h1-12H,13H2,(H,25,27). The first-order valence-corrected chi connectivity index (χ1v) is 8.68. The van der Waals surface area contributed by atoms with E-state index in [0.29, 0.717) is 0 Å². The van der Waals surface area contributed by atoms with Gasteiger partial charge in [-0.3, -0.25) is 14.9 Å². The lowest BCUT2D eigenvalue weighted by molar-refractivity contribution is -0.384. The van der Waals surface area contributed by atoms with Crippen LogP contribution in [0.4, 0.5) is 24.5 Å². The third-order valence-electron chi connectivity index (χ3n) is 4.13. The lowest BCUT2D eigenvalue weighted by Crippen LogP contribution is -2.14. The molecule has 0 radical (unpaired) electrons. The lowest BCUT2D eigenvalue weighted by atomic mass is 10.1. The molecule has 0 bridgehead atoms. The number of halogens is 3. The molecular weight excluding hydrogens is 401 g/mol. The molecule has 0 heterocycles. The van der Waals surface area contributed by atoms with Gasteiger partial charge in [-0.25, -0.2) is 0 Å². The molecule has 1 amide bonds. The number of anilines is 1. The Morgan fingerprint density at radius 2 is 1.67 bits per heavy atom. The second-order valence-corrected chi connectivity index (χ2v) is 6.24. The Morgan fingerprint density at radius 1 is 1.00 bits per heavy atom. The molecule has 3 rings (SSSR count). The quantitative estimate of drug-likeness (QED) is 0.428. The summed E-state index contributed by atoms with van der Waals surface area (Å²) in [5.74, 6) is -0.670. The number of rotatable bonds is 6. The van der Waals surface area contributed by atoms with E-state index in [1.165, 1.54) is 12.1 Å². The molecule has 0 fully saturated rings. The molecule has 3 aromatic carbocycles. The minimum atomic E-state index is -4.61. The molecule has 0 saturated heterocycles. The number of hydrogen-bond donors (Lipinski definition) is 1. The number of carbonyl (C=O) groups is 1. The number of non-ortho nitro benzene ring substituents is 1. The maximum Gasteiger partial charge on any atom is 0.416 e. The topological polar surface area (TPSA) is 81.5 Å². The molecular formula is C21H15F3N2O4. The van der Waals surface area contributed by atoms with Gasteiger partial charge in [-0.15, -0.1) is 0 Å². The fourth-order valence-electron chi connectivity index (χ4n) is 2.59. The van der Waals surface area contributed by atoms with Gasteiger partial charge in [0.05, 0.1) is 16.2 Å². The van der Waals surface area contributed by atoms with Crippen LogP contribution in [0.1, 0.15) is 21.5 Å². The van der Waals surface area contributed by atoms with Gasteiger partial charge in [0.1, 0.15) is 12.4 Å². The zero-order valence-electron chi connectivity index (χ0n) is 15.3. The van der Waals surface area contributed by atoms with Crippen molar-refractivity contribution in [2.24, 2.45) is 0 Å². The smallest absolute Gasteiger partial charge is 0.416 e. The van der Waals surface area contributed by atoms with Gasteiger partial charge in [0.25, 0.3) is 11.6 Å². The van der Waals surface area contributed by atoms with Gasteiger partial charge in [0, 0.05) is 17.7 Å². The molecule has 0 unspecified atom stereocenters. The van der Waals surface area contributed by atoms with E-state index in [1.807, 2.05) is 6.07 Å². The summed E-state index contributed by atoms with van der Waals surface area (Å²) in [6.07, 6.45) is -4.61. The maximum atomic E-state index is 13.1. The molecule has 0 saturated carbocycles. The number of benzene rings is 3. The molecule has 0 aliphatic rings. The van der Waals surface area contributed by atoms with Gasteiger partial charge in [-0.2, -0.15) is 13.2 Å². The normalized spacial score (nSPS) is 11.0. The molecule has 0 atom stereocenters. The third-order valence-corrected chi connectivity index (χ3v) is 4.13. The number of nitrogens with zero attached hydrogens (tertiary/aromatic N) is 1. The lowest BCUT2D eigenvalue weighted by Gasteiger charge is -2.15. The molecule has 154 valence electrons. The average Bonchev–Trinajstić information content (AvgIpc) is 2.73. The fourth-order valence-corrected chi connectivity index (χ4v) is 2.59. The highest BCUT2D eigenvalue weighted by molar-refractivity contribution is 6.05. The van der Waals surface area contributed by atoms with Crippen LogP contribution in [0.5, 0.6) is 5.75 Å². The zero-order chi connectivity index (χ0) is 21.7. The van der Waals surface area contributed by atoms with E-state index in [0.717, 1.165) is 35.9 Å². The first kappa shape index (κ1) is 20.8. The average molecular weight is 416 g/mol. The van der Waals surface area contributed by atoms with E-state index in [-0.39, 0.29) is 29.3 Å². The molecule has 0 aliphatic heterocycles. The third kappa shape index (κ3) is 5.13. The van der Waals surface area contributed by atoms with E-state index in [2.05, 4.69) is 5.32 Å². The molecule has 0 spiro atoms. The monoisotopic (exact) mass is 416 g/mol. The van der Waals surface area contributed by atoms with Gasteiger partial charge in [-0.1, -0.05) is 30.3 Å². The summed E-state index contributed by atoms with van der Waals surface area (Å²) in [7, 11) is 0. The molecule has 0 aromatic heterocycles. The Hall–Kier alpha value is -3.88. The number of amides is 1. The predicted octanol–water partition coefficient (Wildman–Crippen LogP) is 5.44. The van der Waals surface area contributed by atoms with Crippen molar-refractivity contribution in [1.29, 1.82) is 0 Å². The van der Waals surface area contributed by atoms with Gasteiger partial charge in [-0.05, 0) is 35.9 Å². The summed E-state index contributed by atoms with van der Waals surface area (Å²) >= 11 is 0. The van der Waals surface area contributed by atoms with Crippen LogP contribution in [-0.4, -0.2) is 10.8 Å². The first-order chi connectivity index (χ1) is 14.2. The van der Waals surface area contributed by atoms with E-state index in [1.54, 1.807) is 24.3 Å². The van der Waals surface area contributed by atoms with Crippen LogP contribution in [0.2, 0.25) is 0 Å². The summed E-state index contributed by atoms with van der Waals surface area (Å²) in [4.78, 5) is 22.6. The summed E-state index contributed by atoms with van der Waals surface area (Å²) in [5, 5.41) is 13.1. The second-order valence-electron chi connectivity index (χ2n) is 6.24. The van der Waals surface area contributed by atoms with E-state index >= 15 is 0 Å². The molecule has 0 aliphatic carbocycles. The summed E-state index contributed by atoms with van der Waals surface area (Å²) in [6, 6.07) is 16.5. The number of nitro benzene ring substituents is 1. The van der Waals surface area contributed by atoms with Crippen LogP contribution in [0.15, 0.2) is 72.8 Å². The molecule has 30 heavy (non-hydrogen) atoms. The highest BCUT2D eigenvalue weighted by Gasteiger charge is 2.31. The first-order valence-electron chi connectivity index (χ1n) is 8.68. The van der Waals surface area contributed by atoms with Crippen LogP contribution in [0.3, 0.4) is 0 Å². The Morgan fingerprint density at radius 3 is 2.27 bits per heavy atom. The van der Waals surface area contributed by atoms with Gasteiger partial charge in [0.2, 0.25) is 0 Å². The molecule has 1 N–H and O–H groups in total. The highest BCUT2D eigenvalue weighted by Crippen LogP contribution is 2.35. The largest absolute Gasteiger partial charge is 0.487 e. The minimum Gasteiger partial charge on any atom is -0.487 e. The predicted molar refractivity (Wildman–Crippen MR) is 103 cm³/mol. The summed E-state index contributed by atoms with van der Waals surface area (Å²) < 4.78 is 44.9. The van der Waals surface area contributed by atoms with E-state index in [4.69, 9.17) is 4.74 Å². The van der Waals surface area contributed by atoms with Crippen molar-refractivity contribution >= 4 is 17.3 Å². The van der Waals surface area contributed by atoms with Crippen LogP contribution in [-0.2, 0) is 12.8 Å². The zero-order valence-corrected chi connectivity index (χ0v) is 15.3. The van der Waals surface area contributed by atoms with Gasteiger partial charge < -0.3 is 10.1 Å². The van der Waals surface area contributed by atoms with Crippen LogP contribution in [0.25, 0.3) is 0 Å². The molecule has 9 heteroatoms. The number of nitrogens with one attached hydrogen (secondary N) is 1. The Bertz CT molecular complexity index is 1050. The van der Waals surface area contributed by atoms with Crippen molar-refractivity contribution in [3.8, 4) is 5.75 Å². The number of alkyl halides is 3. The van der Waals surface area contributed by atoms with Crippen LogP contribution >= 0.6 is 0 Å². The SMILES string of the molecule is O=C(Nc1cc(C(F)(F)F)ccc1OCc1ccccc1)c1ccc([N+](=O)[O-])cc1. The van der Waals surface area contributed by atoms with Crippen molar-refractivity contribution in [1.82, 2.24) is 0 Å². The number of ether oxygens (including phenoxy) is 1. The van der Waals surface area contributed by atoms with Crippen molar-refractivity contribution in [3.05, 3.63) is 99.6 Å². The van der Waals surface area contributed by atoms with Crippen molar-refractivity contribution in [3.63, 3.8) is 0 Å². The Kier molecular flexibility index (Phi) is 6.01. The van der Waals surface area contributed by atoms with Crippen molar-refractivity contribution in [2.75, 3.05) is 5.32 Å². The minimum absolute atomic E-state index is 0.0482. The van der Waals surface area contributed by atoms with E-state index < -0.39 is 22.6 Å². The van der Waals surface area contributed by atoms with Crippen LogP contribution in [0, 0.1) is 10.1 Å². The Labute approximate surface area is 169 Å². The van der Waals surface area contributed by atoms with Crippen molar-refractivity contribution in [2.45, 2.75) is 12.8 Å². The summed E-state index contributed by atoms with van der Waals surface area (Å²) in [5.41, 5.74) is -0.479. The van der Waals surface area contributed by atoms with Gasteiger partial charge in [0.15, 0.2) is 0 Å². The fraction of sp³-hybridized carbons (Fsp3) is 0.0952. The maximum absolute atomic E-state index is 13.1. The van der Waals surface area contributed by atoms with Crippen LogP contribution < -0.4 is 10.1 Å². The Balaban J connectivity index is 1.85. The number of carbonyl (C=O) groups excluding carboxylic acids is 1. The van der Waals surface area contributed by atoms with Gasteiger partial charge >= 0.3 is 6.18 Å². The number of nitro groups is 1. The van der Waals surface area contributed by atoms with Crippen molar-refractivity contribution < 1.29 is 27.6 Å². The number of hydrogen-bond acceptors (Lipinski definition) is 4.